The molecule has 1 aromatic rings. The molecule has 0 saturated heterocycles. The van der Waals surface area contributed by atoms with Gasteiger partial charge in [-0.2, -0.15) is 5.10 Å². The molecule has 0 aliphatic carbocycles. The Morgan fingerprint density at radius 1 is 1.00 bits per heavy atom. The summed E-state index contributed by atoms with van der Waals surface area (Å²) in [5, 5.41) is 6.88. The van der Waals surface area contributed by atoms with Crippen LogP contribution in [0.3, 0.4) is 0 Å². The van der Waals surface area contributed by atoms with Crippen LogP contribution in [0.25, 0.3) is 0 Å². The fourth-order valence-corrected chi connectivity index (χ4v) is 2.13. The molecule has 0 spiro atoms. The number of unbranched alkanes of at least 4 members (excludes halogenated alkanes) is 8. The second-order valence-electron chi connectivity index (χ2n) is 4.90. The minimum Gasteiger partial charge on any atom is -0.382 e. The topological polar surface area (TPSA) is 54.7 Å². The first-order valence-electron chi connectivity index (χ1n) is 7.12. The Morgan fingerprint density at radius 2 is 1.59 bits per heavy atom. The molecule has 98 valence electrons. The van der Waals surface area contributed by atoms with Gasteiger partial charge in [-0.15, -0.1) is 0 Å². The molecule has 0 radical (unpaired) electrons. The van der Waals surface area contributed by atoms with Gasteiger partial charge in [0.15, 0.2) is 0 Å². The molecule has 0 bridgehead atoms. The smallest absolute Gasteiger partial charge is 0.145 e. The minimum atomic E-state index is 0.607. The van der Waals surface area contributed by atoms with Gasteiger partial charge in [-0.3, -0.25) is 5.10 Å². The van der Waals surface area contributed by atoms with Crippen LogP contribution in [0.1, 0.15) is 70.4 Å². The summed E-state index contributed by atoms with van der Waals surface area (Å²) in [6.45, 7) is 2.27. The molecule has 1 rings (SSSR count). The standard InChI is InChI=1S/C14H27N3/c1-2-3-4-5-6-7-8-9-10-11-13-12-14(15)17-16-13/h12H,2-11H2,1H3,(H3,15,16,17). The Balaban J connectivity index is 1.84. The lowest BCUT2D eigenvalue weighted by Gasteiger charge is -2.01. The molecule has 0 aromatic carbocycles. The number of aryl methyl sites for hydroxylation is 1. The summed E-state index contributed by atoms with van der Waals surface area (Å²) in [5.74, 6) is 0.607. The third kappa shape index (κ3) is 7.03. The van der Waals surface area contributed by atoms with Gasteiger partial charge in [0.25, 0.3) is 0 Å². The minimum absolute atomic E-state index is 0.607. The van der Waals surface area contributed by atoms with Crippen LogP contribution in [0.5, 0.6) is 0 Å². The summed E-state index contributed by atoms with van der Waals surface area (Å²) >= 11 is 0. The van der Waals surface area contributed by atoms with Crippen molar-refractivity contribution in [2.45, 2.75) is 71.1 Å². The summed E-state index contributed by atoms with van der Waals surface area (Å²) in [6.07, 6.45) is 13.4. The van der Waals surface area contributed by atoms with Gasteiger partial charge in [0.1, 0.15) is 5.82 Å². The SMILES string of the molecule is CCCCCCCCCCCc1cc(N)n[nH]1. The van der Waals surface area contributed by atoms with E-state index in [1.807, 2.05) is 6.07 Å². The second-order valence-corrected chi connectivity index (χ2v) is 4.90. The maximum atomic E-state index is 5.55. The summed E-state index contributed by atoms with van der Waals surface area (Å²) in [6, 6.07) is 1.94. The zero-order valence-corrected chi connectivity index (χ0v) is 11.2. The van der Waals surface area contributed by atoms with Gasteiger partial charge in [0, 0.05) is 11.8 Å². The average Bonchev–Trinajstić information content (AvgIpc) is 2.73. The van der Waals surface area contributed by atoms with Gasteiger partial charge in [-0.05, 0) is 12.8 Å². The van der Waals surface area contributed by atoms with E-state index in [-0.39, 0.29) is 0 Å². The Labute approximate surface area is 105 Å². The van der Waals surface area contributed by atoms with Gasteiger partial charge in [-0.1, -0.05) is 58.3 Å². The van der Waals surface area contributed by atoms with Crippen LogP contribution in [-0.4, -0.2) is 10.2 Å². The number of nitrogens with two attached hydrogens (primary N) is 1. The third-order valence-corrected chi connectivity index (χ3v) is 3.20. The van der Waals surface area contributed by atoms with E-state index in [2.05, 4.69) is 17.1 Å². The molecular weight excluding hydrogens is 210 g/mol. The molecule has 0 aliphatic heterocycles. The van der Waals surface area contributed by atoms with E-state index in [1.165, 1.54) is 63.5 Å². The number of anilines is 1. The molecule has 0 saturated carbocycles. The molecule has 3 N–H and O–H groups in total. The maximum absolute atomic E-state index is 5.55. The molecule has 3 heteroatoms. The number of hydrogen-bond acceptors (Lipinski definition) is 2. The number of nitrogen functional groups attached to an aromatic ring is 1. The average molecular weight is 237 g/mol. The summed E-state index contributed by atoms with van der Waals surface area (Å²) in [5.41, 5.74) is 6.72. The highest BCUT2D eigenvalue weighted by molar-refractivity contribution is 5.28. The van der Waals surface area contributed by atoms with E-state index in [1.54, 1.807) is 0 Å². The largest absolute Gasteiger partial charge is 0.382 e. The highest BCUT2D eigenvalue weighted by Gasteiger charge is 1.97. The first kappa shape index (κ1) is 14.1. The normalized spacial score (nSPS) is 10.9. The van der Waals surface area contributed by atoms with E-state index in [4.69, 9.17) is 5.73 Å². The van der Waals surface area contributed by atoms with E-state index < -0.39 is 0 Å². The molecule has 3 nitrogen and oxygen atoms in total. The van der Waals surface area contributed by atoms with Crippen LogP contribution in [0.15, 0.2) is 6.07 Å². The fourth-order valence-electron chi connectivity index (χ4n) is 2.13. The zero-order chi connectivity index (χ0) is 12.3. The van der Waals surface area contributed by atoms with Crippen molar-refractivity contribution in [3.05, 3.63) is 11.8 Å². The van der Waals surface area contributed by atoms with Crippen LogP contribution in [-0.2, 0) is 6.42 Å². The second kappa shape index (κ2) is 9.08. The maximum Gasteiger partial charge on any atom is 0.145 e. The third-order valence-electron chi connectivity index (χ3n) is 3.20. The Bertz CT molecular complexity index is 281. The lowest BCUT2D eigenvalue weighted by Crippen LogP contribution is -1.86. The number of rotatable bonds is 10. The van der Waals surface area contributed by atoms with Gasteiger partial charge in [0.2, 0.25) is 0 Å². The van der Waals surface area contributed by atoms with Crippen molar-refractivity contribution in [2.75, 3.05) is 5.73 Å². The molecule has 0 amide bonds. The van der Waals surface area contributed by atoms with Crippen molar-refractivity contribution in [3.63, 3.8) is 0 Å². The molecule has 17 heavy (non-hydrogen) atoms. The van der Waals surface area contributed by atoms with Crippen molar-refractivity contribution < 1.29 is 0 Å². The van der Waals surface area contributed by atoms with Crippen molar-refractivity contribution in [1.82, 2.24) is 10.2 Å². The lowest BCUT2D eigenvalue weighted by molar-refractivity contribution is 0.563. The number of aromatic nitrogens is 2. The molecule has 1 heterocycles. The lowest BCUT2D eigenvalue weighted by atomic mass is 10.1. The van der Waals surface area contributed by atoms with E-state index >= 15 is 0 Å². The Hall–Kier alpha value is -0.990. The van der Waals surface area contributed by atoms with Crippen molar-refractivity contribution in [1.29, 1.82) is 0 Å². The van der Waals surface area contributed by atoms with E-state index in [0.29, 0.717) is 5.82 Å². The highest BCUT2D eigenvalue weighted by Crippen LogP contribution is 2.11. The predicted molar refractivity (Wildman–Crippen MR) is 73.9 cm³/mol. The van der Waals surface area contributed by atoms with E-state index in [9.17, 15) is 0 Å². The summed E-state index contributed by atoms with van der Waals surface area (Å²) in [4.78, 5) is 0. The molecular formula is C14H27N3. The fraction of sp³-hybridized carbons (Fsp3) is 0.786. The highest BCUT2D eigenvalue weighted by atomic mass is 15.1. The van der Waals surface area contributed by atoms with Gasteiger partial charge < -0.3 is 5.73 Å². The zero-order valence-electron chi connectivity index (χ0n) is 11.2. The van der Waals surface area contributed by atoms with Crippen molar-refractivity contribution in [2.24, 2.45) is 0 Å². The molecule has 0 atom stereocenters. The molecule has 0 aliphatic rings. The number of nitrogens with one attached hydrogen (secondary N) is 1. The van der Waals surface area contributed by atoms with Crippen LogP contribution in [0.2, 0.25) is 0 Å². The van der Waals surface area contributed by atoms with E-state index in [0.717, 1.165) is 6.42 Å². The first-order chi connectivity index (χ1) is 8.33. The van der Waals surface area contributed by atoms with Gasteiger partial charge in [-0.25, -0.2) is 0 Å². The number of hydrogen-bond donors (Lipinski definition) is 2. The predicted octanol–water partition coefficient (Wildman–Crippen LogP) is 4.07. The van der Waals surface area contributed by atoms with Crippen LogP contribution < -0.4 is 5.73 Å². The van der Waals surface area contributed by atoms with Crippen LogP contribution in [0, 0.1) is 0 Å². The summed E-state index contributed by atoms with van der Waals surface area (Å²) in [7, 11) is 0. The Morgan fingerprint density at radius 3 is 2.12 bits per heavy atom. The molecule has 0 unspecified atom stereocenters. The first-order valence-corrected chi connectivity index (χ1v) is 7.12. The number of aromatic amines is 1. The van der Waals surface area contributed by atoms with Crippen LogP contribution in [0.4, 0.5) is 5.82 Å². The molecule has 0 fully saturated rings. The Kier molecular flexibility index (Phi) is 7.52. The van der Waals surface area contributed by atoms with Crippen LogP contribution >= 0.6 is 0 Å². The number of nitrogens with zero attached hydrogens (tertiary/aromatic N) is 1. The molecule has 1 aromatic heterocycles. The van der Waals surface area contributed by atoms with Crippen molar-refractivity contribution in [3.8, 4) is 0 Å². The van der Waals surface area contributed by atoms with Gasteiger partial charge in [0.05, 0.1) is 0 Å². The quantitative estimate of drug-likeness (QED) is 0.603. The monoisotopic (exact) mass is 237 g/mol. The van der Waals surface area contributed by atoms with Crippen molar-refractivity contribution >= 4 is 5.82 Å². The van der Waals surface area contributed by atoms with Gasteiger partial charge >= 0.3 is 0 Å². The summed E-state index contributed by atoms with van der Waals surface area (Å²) < 4.78 is 0. The number of H-pyrrole nitrogens is 1.